The molecule has 17 heavy (non-hydrogen) atoms. The highest BCUT2D eigenvalue weighted by molar-refractivity contribution is 9.10. The largest absolute Gasteiger partial charge is 0.322 e. The van der Waals surface area contributed by atoms with Crippen molar-refractivity contribution in [1.29, 1.82) is 0 Å². The molecule has 1 heterocycles. The molecule has 1 aromatic carbocycles. The zero-order valence-electron chi connectivity index (χ0n) is 9.51. The van der Waals surface area contributed by atoms with E-state index in [0.29, 0.717) is 0 Å². The van der Waals surface area contributed by atoms with Crippen LogP contribution in [0.25, 0.3) is 0 Å². The summed E-state index contributed by atoms with van der Waals surface area (Å²) in [5.74, 6) is 0.832. The zero-order chi connectivity index (χ0) is 12.3. The fraction of sp³-hybridized carbons (Fsp3) is 0.250. The van der Waals surface area contributed by atoms with E-state index in [2.05, 4.69) is 33.2 Å². The summed E-state index contributed by atoms with van der Waals surface area (Å²) in [5.41, 5.74) is 7.02. The summed E-state index contributed by atoms with van der Waals surface area (Å²) in [4.78, 5) is 1.22. The van der Waals surface area contributed by atoms with Crippen LogP contribution in [-0.4, -0.2) is 15.5 Å². The fourth-order valence-corrected chi connectivity index (χ4v) is 2.57. The standard InChI is InChI=1S/C12H14BrN3S/c1-16-7-6-12(15-16)11(14)8-17-10-4-2-9(13)3-5-10/h2-7,11H,8,14H2,1H3. The zero-order valence-corrected chi connectivity index (χ0v) is 11.9. The van der Waals surface area contributed by atoms with Crippen molar-refractivity contribution in [3.8, 4) is 0 Å². The van der Waals surface area contributed by atoms with Gasteiger partial charge < -0.3 is 5.73 Å². The highest BCUT2D eigenvalue weighted by Gasteiger charge is 2.09. The summed E-state index contributed by atoms with van der Waals surface area (Å²) in [5, 5.41) is 4.31. The summed E-state index contributed by atoms with van der Waals surface area (Å²) in [7, 11) is 1.90. The van der Waals surface area contributed by atoms with Gasteiger partial charge in [-0.15, -0.1) is 11.8 Å². The average molecular weight is 312 g/mol. The SMILES string of the molecule is Cn1ccc(C(N)CSc2ccc(Br)cc2)n1. The van der Waals surface area contributed by atoms with Crippen molar-refractivity contribution in [3.63, 3.8) is 0 Å². The van der Waals surface area contributed by atoms with E-state index < -0.39 is 0 Å². The summed E-state index contributed by atoms with van der Waals surface area (Å²) < 4.78 is 2.87. The molecule has 3 nitrogen and oxygen atoms in total. The normalized spacial score (nSPS) is 12.6. The van der Waals surface area contributed by atoms with E-state index in [1.54, 1.807) is 16.4 Å². The Hall–Kier alpha value is -0.780. The van der Waals surface area contributed by atoms with Crippen LogP contribution >= 0.6 is 27.7 Å². The molecule has 0 radical (unpaired) electrons. The van der Waals surface area contributed by atoms with Gasteiger partial charge in [-0.1, -0.05) is 15.9 Å². The molecule has 2 aromatic rings. The van der Waals surface area contributed by atoms with Gasteiger partial charge in [0.2, 0.25) is 0 Å². The van der Waals surface area contributed by atoms with Gasteiger partial charge in [0.1, 0.15) is 0 Å². The minimum atomic E-state index is -0.0233. The molecule has 90 valence electrons. The first-order valence-corrected chi connectivity index (χ1v) is 7.06. The van der Waals surface area contributed by atoms with Gasteiger partial charge in [-0.2, -0.15) is 5.10 Å². The number of benzene rings is 1. The quantitative estimate of drug-likeness (QED) is 0.883. The first-order chi connectivity index (χ1) is 8.15. The topological polar surface area (TPSA) is 43.8 Å². The van der Waals surface area contributed by atoms with Crippen molar-refractivity contribution in [2.24, 2.45) is 12.8 Å². The van der Waals surface area contributed by atoms with Gasteiger partial charge in [0.05, 0.1) is 11.7 Å². The van der Waals surface area contributed by atoms with E-state index in [-0.39, 0.29) is 6.04 Å². The lowest BCUT2D eigenvalue weighted by atomic mass is 10.3. The van der Waals surface area contributed by atoms with Gasteiger partial charge in [0, 0.05) is 28.4 Å². The maximum absolute atomic E-state index is 6.08. The first kappa shape index (κ1) is 12.7. The second-order valence-corrected chi connectivity index (χ2v) is 5.79. The summed E-state index contributed by atoms with van der Waals surface area (Å²) >= 11 is 5.16. The molecule has 0 aliphatic carbocycles. The Labute approximate surface area is 114 Å². The lowest BCUT2D eigenvalue weighted by Gasteiger charge is -2.08. The van der Waals surface area contributed by atoms with E-state index in [1.807, 2.05) is 31.4 Å². The molecule has 2 rings (SSSR count). The van der Waals surface area contributed by atoms with Gasteiger partial charge in [-0.25, -0.2) is 0 Å². The number of aryl methyl sites for hydroxylation is 1. The fourth-order valence-electron chi connectivity index (χ4n) is 1.43. The van der Waals surface area contributed by atoms with Crippen LogP contribution < -0.4 is 5.73 Å². The molecule has 5 heteroatoms. The van der Waals surface area contributed by atoms with Crippen LogP contribution in [0.1, 0.15) is 11.7 Å². The van der Waals surface area contributed by atoms with Crippen LogP contribution in [0.3, 0.4) is 0 Å². The molecular weight excluding hydrogens is 298 g/mol. The second-order valence-electron chi connectivity index (χ2n) is 3.79. The molecule has 1 unspecified atom stereocenters. The third-order valence-electron chi connectivity index (χ3n) is 2.36. The number of halogens is 1. The Kier molecular flexibility index (Phi) is 4.25. The minimum absolute atomic E-state index is 0.0233. The molecule has 0 spiro atoms. The van der Waals surface area contributed by atoms with Gasteiger partial charge in [0.25, 0.3) is 0 Å². The number of aromatic nitrogens is 2. The number of rotatable bonds is 4. The van der Waals surface area contributed by atoms with Crippen LogP contribution in [0.4, 0.5) is 0 Å². The first-order valence-electron chi connectivity index (χ1n) is 5.28. The van der Waals surface area contributed by atoms with Gasteiger partial charge >= 0.3 is 0 Å². The van der Waals surface area contributed by atoms with Crippen molar-refractivity contribution in [1.82, 2.24) is 9.78 Å². The van der Waals surface area contributed by atoms with Crippen LogP contribution in [0.15, 0.2) is 45.9 Å². The molecule has 0 saturated carbocycles. The Bertz CT molecular complexity index is 481. The van der Waals surface area contributed by atoms with E-state index >= 15 is 0 Å². The maximum atomic E-state index is 6.08. The Morgan fingerprint density at radius 3 is 2.65 bits per heavy atom. The van der Waals surface area contributed by atoms with Crippen molar-refractivity contribution in [2.75, 3.05) is 5.75 Å². The van der Waals surface area contributed by atoms with Gasteiger partial charge in [0.15, 0.2) is 0 Å². The van der Waals surface area contributed by atoms with E-state index in [1.165, 1.54) is 4.90 Å². The number of hydrogen-bond acceptors (Lipinski definition) is 3. The molecule has 2 N–H and O–H groups in total. The summed E-state index contributed by atoms with van der Waals surface area (Å²) in [6.45, 7) is 0. The van der Waals surface area contributed by atoms with E-state index in [9.17, 15) is 0 Å². The summed E-state index contributed by atoms with van der Waals surface area (Å²) in [6, 6.07) is 10.2. The number of nitrogens with two attached hydrogens (primary N) is 1. The second kappa shape index (κ2) is 5.71. The Balaban J connectivity index is 1.92. The van der Waals surface area contributed by atoms with Gasteiger partial charge in [-0.3, -0.25) is 4.68 Å². The van der Waals surface area contributed by atoms with Crippen LogP contribution in [0, 0.1) is 0 Å². The van der Waals surface area contributed by atoms with E-state index in [4.69, 9.17) is 5.73 Å². The highest BCUT2D eigenvalue weighted by atomic mass is 79.9. The van der Waals surface area contributed by atoms with Crippen molar-refractivity contribution in [3.05, 3.63) is 46.7 Å². The highest BCUT2D eigenvalue weighted by Crippen LogP contribution is 2.24. The molecule has 0 saturated heterocycles. The predicted octanol–water partition coefficient (Wildman–Crippen LogP) is 2.97. The van der Waals surface area contributed by atoms with Crippen molar-refractivity contribution in [2.45, 2.75) is 10.9 Å². The van der Waals surface area contributed by atoms with Crippen LogP contribution in [0.5, 0.6) is 0 Å². The van der Waals surface area contributed by atoms with Crippen molar-refractivity contribution < 1.29 is 0 Å². The smallest absolute Gasteiger partial charge is 0.0800 e. The Morgan fingerprint density at radius 1 is 1.35 bits per heavy atom. The third-order valence-corrected chi connectivity index (χ3v) is 4.02. The molecule has 1 aromatic heterocycles. The molecule has 0 fully saturated rings. The van der Waals surface area contributed by atoms with Gasteiger partial charge in [-0.05, 0) is 30.3 Å². The molecular formula is C12H14BrN3S. The molecule has 0 aliphatic heterocycles. The van der Waals surface area contributed by atoms with Crippen molar-refractivity contribution >= 4 is 27.7 Å². The Morgan fingerprint density at radius 2 is 2.06 bits per heavy atom. The maximum Gasteiger partial charge on any atom is 0.0800 e. The van der Waals surface area contributed by atoms with Crippen LogP contribution in [-0.2, 0) is 7.05 Å². The molecule has 0 aliphatic rings. The predicted molar refractivity (Wildman–Crippen MR) is 75.0 cm³/mol. The lowest BCUT2D eigenvalue weighted by Crippen LogP contribution is -2.14. The summed E-state index contributed by atoms with van der Waals surface area (Å²) in [6.07, 6.45) is 1.92. The number of thioether (sulfide) groups is 1. The lowest BCUT2D eigenvalue weighted by molar-refractivity contribution is 0.704. The molecule has 1 atom stereocenters. The molecule has 0 amide bonds. The average Bonchev–Trinajstić information content (AvgIpc) is 2.75. The molecule has 0 bridgehead atoms. The third kappa shape index (κ3) is 3.59. The number of hydrogen-bond donors (Lipinski definition) is 1. The number of nitrogens with zero attached hydrogens (tertiary/aromatic N) is 2. The van der Waals surface area contributed by atoms with E-state index in [0.717, 1.165) is 15.9 Å². The van der Waals surface area contributed by atoms with Crippen LogP contribution in [0.2, 0.25) is 0 Å². The minimum Gasteiger partial charge on any atom is -0.322 e. The monoisotopic (exact) mass is 311 g/mol.